The van der Waals surface area contributed by atoms with Gasteiger partial charge in [0.1, 0.15) is 0 Å². The van der Waals surface area contributed by atoms with Crippen molar-refractivity contribution < 1.29 is 9.47 Å². The highest BCUT2D eigenvalue weighted by Crippen LogP contribution is 2.25. The first kappa shape index (κ1) is 21.2. The fraction of sp³-hybridized carbons (Fsp3) is 0.737. The number of nitrogens with one attached hydrogen (secondary N) is 2. The van der Waals surface area contributed by atoms with E-state index in [4.69, 9.17) is 9.47 Å². The van der Waals surface area contributed by atoms with Crippen molar-refractivity contribution in [3.8, 4) is 0 Å². The molecule has 0 radical (unpaired) electrons. The summed E-state index contributed by atoms with van der Waals surface area (Å²) in [6, 6.07) is 4.68. The van der Waals surface area contributed by atoms with Crippen LogP contribution >= 0.6 is 11.3 Å². The number of rotatable bonds is 10. The molecule has 0 amide bonds. The zero-order valence-corrected chi connectivity index (χ0v) is 17.2. The minimum atomic E-state index is 0.347. The molecule has 1 aromatic rings. The Morgan fingerprint density at radius 3 is 2.77 bits per heavy atom. The van der Waals surface area contributed by atoms with Crippen LogP contribution < -0.4 is 10.6 Å². The summed E-state index contributed by atoms with van der Waals surface area (Å²) < 4.78 is 11.2. The molecule has 0 aromatic carbocycles. The van der Waals surface area contributed by atoms with E-state index in [1.807, 2.05) is 18.4 Å². The number of thiophene rings is 1. The Labute approximate surface area is 162 Å². The molecular weight excluding hydrogens is 348 g/mol. The molecule has 2 N–H and O–H groups in total. The maximum absolute atomic E-state index is 5.65. The number of guanidine groups is 1. The van der Waals surface area contributed by atoms with Gasteiger partial charge in [-0.3, -0.25) is 9.89 Å². The second-order valence-electron chi connectivity index (χ2n) is 6.85. The number of nitrogens with zero attached hydrogens (tertiary/aromatic N) is 2. The molecule has 1 aliphatic heterocycles. The zero-order valence-electron chi connectivity index (χ0n) is 16.4. The van der Waals surface area contributed by atoms with Gasteiger partial charge >= 0.3 is 0 Å². The minimum Gasteiger partial charge on any atom is -0.380 e. The fourth-order valence-electron chi connectivity index (χ4n) is 2.86. The van der Waals surface area contributed by atoms with Crippen LogP contribution in [-0.2, 0) is 9.47 Å². The van der Waals surface area contributed by atoms with Crippen molar-refractivity contribution >= 4 is 17.3 Å². The third kappa shape index (κ3) is 7.61. The molecule has 148 valence electrons. The molecule has 1 atom stereocenters. The molecular formula is C19H34N4O2S. The van der Waals surface area contributed by atoms with Crippen LogP contribution in [0.25, 0.3) is 0 Å². The number of aliphatic imine (C=N–C) groups is 1. The van der Waals surface area contributed by atoms with E-state index in [1.54, 1.807) is 0 Å². The standard InChI is InChI=1S/C19H34N4O2S/c1-16(2)6-10-24-11-7-21-19(20-3)22-15-17(18-5-4-14-26-18)23-8-12-25-13-9-23/h4-5,14,16-17H,6-13,15H2,1-3H3,(H2,20,21,22). The lowest BCUT2D eigenvalue weighted by Gasteiger charge is -2.34. The molecule has 1 aromatic heterocycles. The van der Waals surface area contributed by atoms with E-state index in [1.165, 1.54) is 4.88 Å². The number of ether oxygens (including phenoxy) is 2. The van der Waals surface area contributed by atoms with E-state index < -0.39 is 0 Å². The number of hydrogen-bond donors (Lipinski definition) is 2. The smallest absolute Gasteiger partial charge is 0.191 e. The highest BCUT2D eigenvalue weighted by molar-refractivity contribution is 7.10. The summed E-state index contributed by atoms with van der Waals surface area (Å²) in [6.45, 7) is 11.1. The summed E-state index contributed by atoms with van der Waals surface area (Å²) in [4.78, 5) is 8.20. The lowest BCUT2D eigenvalue weighted by molar-refractivity contribution is 0.0177. The molecule has 0 spiro atoms. The molecule has 0 bridgehead atoms. The normalized spacial score (nSPS) is 17.5. The third-order valence-electron chi connectivity index (χ3n) is 4.42. The molecule has 7 heteroatoms. The van der Waals surface area contributed by atoms with E-state index in [-0.39, 0.29) is 0 Å². The van der Waals surface area contributed by atoms with Gasteiger partial charge in [-0.25, -0.2) is 0 Å². The summed E-state index contributed by atoms with van der Waals surface area (Å²) in [5, 5.41) is 8.95. The monoisotopic (exact) mass is 382 g/mol. The van der Waals surface area contributed by atoms with Gasteiger partial charge in [-0.2, -0.15) is 0 Å². The highest BCUT2D eigenvalue weighted by atomic mass is 32.1. The summed E-state index contributed by atoms with van der Waals surface area (Å²) in [6.07, 6.45) is 1.11. The van der Waals surface area contributed by atoms with Crippen LogP contribution in [0.4, 0.5) is 0 Å². The van der Waals surface area contributed by atoms with E-state index in [9.17, 15) is 0 Å². The predicted octanol–water partition coefficient (Wildman–Crippen LogP) is 2.35. The first-order valence-electron chi connectivity index (χ1n) is 9.58. The zero-order chi connectivity index (χ0) is 18.6. The Hall–Kier alpha value is -1.15. The van der Waals surface area contributed by atoms with E-state index in [0.29, 0.717) is 18.6 Å². The van der Waals surface area contributed by atoms with E-state index in [2.05, 4.69) is 51.9 Å². The topological polar surface area (TPSA) is 58.1 Å². The van der Waals surface area contributed by atoms with Gasteiger partial charge in [-0.15, -0.1) is 11.3 Å². The Kier molecular flexibility index (Phi) is 9.99. The molecule has 1 saturated heterocycles. The molecule has 1 unspecified atom stereocenters. The van der Waals surface area contributed by atoms with Crippen LogP contribution in [0.2, 0.25) is 0 Å². The second-order valence-corrected chi connectivity index (χ2v) is 7.83. The molecule has 0 aliphatic carbocycles. The quantitative estimate of drug-likeness (QED) is 0.370. The number of hydrogen-bond acceptors (Lipinski definition) is 5. The Bertz CT molecular complexity index is 502. The van der Waals surface area contributed by atoms with Crippen molar-refractivity contribution in [2.45, 2.75) is 26.3 Å². The summed E-state index contributed by atoms with van der Waals surface area (Å²) in [5.41, 5.74) is 0. The maximum atomic E-state index is 5.65. The Balaban J connectivity index is 1.75. The van der Waals surface area contributed by atoms with Gasteiger partial charge in [0.05, 0.1) is 25.9 Å². The number of morpholine rings is 1. The molecule has 26 heavy (non-hydrogen) atoms. The SMILES string of the molecule is CN=C(NCCOCCC(C)C)NCC(c1cccs1)N1CCOCC1. The first-order valence-corrected chi connectivity index (χ1v) is 10.5. The molecule has 0 saturated carbocycles. The fourth-order valence-corrected chi connectivity index (χ4v) is 3.72. The van der Waals surface area contributed by atoms with Crippen LogP contribution in [0.1, 0.15) is 31.2 Å². The average molecular weight is 383 g/mol. The third-order valence-corrected chi connectivity index (χ3v) is 5.40. The lowest BCUT2D eigenvalue weighted by Crippen LogP contribution is -2.46. The van der Waals surface area contributed by atoms with Gasteiger partial charge in [0.2, 0.25) is 0 Å². The van der Waals surface area contributed by atoms with Crippen LogP contribution in [0.15, 0.2) is 22.5 Å². The van der Waals surface area contributed by atoms with Crippen molar-refractivity contribution in [1.29, 1.82) is 0 Å². The predicted molar refractivity (Wildman–Crippen MR) is 109 cm³/mol. The summed E-state index contributed by atoms with van der Waals surface area (Å²) in [7, 11) is 1.81. The summed E-state index contributed by atoms with van der Waals surface area (Å²) in [5.74, 6) is 1.51. The second kappa shape index (κ2) is 12.3. The van der Waals surface area contributed by atoms with Gasteiger partial charge < -0.3 is 20.1 Å². The van der Waals surface area contributed by atoms with Crippen molar-refractivity contribution in [3.05, 3.63) is 22.4 Å². The van der Waals surface area contributed by atoms with Gasteiger partial charge in [-0.05, 0) is 23.8 Å². The minimum absolute atomic E-state index is 0.347. The van der Waals surface area contributed by atoms with Crippen molar-refractivity contribution in [2.75, 3.05) is 59.7 Å². The molecule has 1 aliphatic rings. The van der Waals surface area contributed by atoms with E-state index >= 15 is 0 Å². The maximum Gasteiger partial charge on any atom is 0.191 e. The van der Waals surface area contributed by atoms with Crippen LogP contribution in [-0.4, -0.2) is 70.5 Å². The molecule has 6 nitrogen and oxygen atoms in total. The van der Waals surface area contributed by atoms with Crippen molar-refractivity contribution in [3.63, 3.8) is 0 Å². The largest absolute Gasteiger partial charge is 0.380 e. The van der Waals surface area contributed by atoms with Crippen LogP contribution in [0.3, 0.4) is 0 Å². The van der Waals surface area contributed by atoms with Gasteiger partial charge in [0, 0.05) is 44.7 Å². The molecule has 2 heterocycles. The van der Waals surface area contributed by atoms with E-state index in [0.717, 1.165) is 58.4 Å². The molecule has 1 fully saturated rings. The van der Waals surface area contributed by atoms with Crippen molar-refractivity contribution in [2.24, 2.45) is 10.9 Å². The highest BCUT2D eigenvalue weighted by Gasteiger charge is 2.23. The lowest BCUT2D eigenvalue weighted by atomic mass is 10.1. The van der Waals surface area contributed by atoms with Crippen LogP contribution in [0.5, 0.6) is 0 Å². The van der Waals surface area contributed by atoms with Crippen LogP contribution in [0, 0.1) is 5.92 Å². The summed E-state index contributed by atoms with van der Waals surface area (Å²) >= 11 is 1.81. The van der Waals surface area contributed by atoms with Gasteiger partial charge in [0.15, 0.2) is 5.96 Å². The Morgan fingerprint density at radius 2 is 2.12 bits per heavy atom. The first-order chi connectivity index (χ1) is 12.7. The van der Waals surface area contributed by atoms with Gasteiger partial charge in [0.25, 0.3) is 0 Å². The average Bonchev–Trinajstić information content (AvgIpc) is 3.18. The van der Waals surface area contributed by atoms with Gasteiger partial charge in [-0.1, -0.05) is 19.9 Å². The van der Waals surface area contributed by atoms with Crippen molar-refractivity contribution in [1.82, 2.24) is 15.5 Å². The molecule has 2 rings (SSSR count). The Morgan fingerprint density at radius 1 is 1.31 bits per heavy atom.